The number of anilines is 1. The average molecular weight is 460 g/mol. The lowest BCUT2D eigenvalue weighted by atomic mass is 9.81. The Morgan fingerprint density at radius 1 is 1.12 bits per heavy atom. The average Bonchev–Trinajstić information content (AvgIpc) is 2.75. The summed E-state index contributed by atoms with van der Waals surface area (Å²) in [5.74, 6) is -1.89. The van der Waals surface area contributed by atoms with Crippen LogP contribution in [0.5, 0.6) is 5.75 Å². The molecule has 2 aliphatic rings. The van der Waals surface area contributed by atoms with Crippen molar-refractivity contribution in [2.45, 2.75) is 22.5 Å². The molecule has 2 N–H and O–H groups in total. The number of phenolic OH excluding ortho intramolecular Hbond substituents is 1. The highest BCUT2D eigenvalue weighted by atomic mass is 79.9. The Labute approximate surface area is 155 Å². The maximum atomic E-state index is 12.5. The quantitative estimate of drug-likeness (QED) is 0.412. The third-order valence-electron chi connectivity index (χ3n) is 4.48. The van der Waals surface area contributed by atoms with Crippen LogP contribution in [0, 0.1) is 11.8 Å². The number of benzene rings is 1. The number of phenols is 1. The van der Waals surface area contributed by atoms with Crippen molar-refractivity contribution in [1.29, 1.82) is 0 Å². The summed E-state index contributed by atoms with van der Waals surface area (Å²) in [5.41, 5.74) is 0.250. The topological polar surface area (TPSA) is 86.7 Å². The molecule has 0 spiro atoms. The summed E-state index contributed by atoms with van der Waals surface area (Å²) < 4.78 is 0. The fraction of sp³-hybridized carbons (Fsp3) is 0.438. The van der Waals surface area contributed by atoms with Gasteiger partial charge in [-0.2, -0.15) is 0 Å². The summed E-state index contributed by atoms with van der Waals surface area (Å²) in [4.78, 5) is 38.5. The Balaban J connectivity index is 1.69. The number of fused-ring (bicyclic) bond motifs is 1. The van der Waals surface area contributed by atoms with Gasteiger partial charge in [0.25, 0.3) is 0 Å². The number of alkyl halides is 2. The minimum absolute atomic E-state index is 0.0668. The van der Waals surface area contributed by atoms with Crippen molar-refractivity contribution in [1.82, 2.24) is 4.90 Å². The SMILES string of the molecule is O=C(CN1C(=O)[C@H]2C[C@@H](Br)[C@@H](Br)C[C@H]2C1=O)Nc1ccccc1O. The van der Waals surface area contributed by atoms with Gasteiger partial charge in [0.1, 0.15) is 12.3 Å². The Hall–Kier alpha value is -1.41. The molecule has 0 bridgehead atoms. The number of hydrogen-bond donors (Lipinski definition) is 2. The smallest absolute Gasteiger partial charge is 0.244 e. The van der Waals surface area contributed by atoms with Crippen LogP contribution >= 0.6 is 31.9 Å². The van der Waals surface area contributed by atoms with Gasteiger partial charge >= 0.3 is 0 Å². The predicted molar refractivity (Wildman–Crippen MR) is 95.1 cm³/mol. The van der Waals surface area contributed by atoms with Gasteiger partial charge in [0.2, 0.25) is 17.7 Å². The molecule has 1 aromatic rings. The lowest BCUT2D eigenvalue weighted by molar-refractivity contribution is -0.142. The van der Waals surface area contributed by atoms with Crippen LogP contribution < -0.4 is 5.32 Å². The Morgan fingerprint density at radius 2 is 1.67 bits per heavy atom. The van der Waals surface area contributed by atoms with Gasteiger partial charge in [-0.1, -0.05) is 44.0 Å². The zero-order valence-corrected chi connectivity index (χ0v) is 15.8. The standard InChI is InChI=1S/C16H16Br2N2O4/c17-10-5-8-9(6-11(10)18)16(24)20(15(8)23)7-14(22)19-12-3-1-2-4-13(12)21/h1-4,8-11,21H,5-7H2,(H,19,22)/t8-,9+,10+,11-. The molecule has 1 aromatic carbocycles. The third-order valence-corrected chi connectivity index (χ3v) is 7.22. The summed E-state index contributed by atoms with van der Waals surface area (Å²) in [5, 5.41) is 12.2. The van der Waals surface area contributed by atoms with Gasteiger partial charge in [0.15, 0.2) is 0 Å². The van der Waals surface area contributed by atoms with Gasteiger partial charge in [-0.3, -0.25) is 19.3 Å². The monoisotopic (exact) mass is 458 g/mol. The molecule has 128 valence electrons. The molecular weight excluding hydrogens is 444 g/mol. The van der Waals surface area contributed by atoms with E-state index in [0.717, 1.165) is 4.90 Å². The first-order chi connectivity index (χ1) is 11.4. The fourth-order valence-electron chi connectivity index (χ4n) is 3.23. The van der Waals surface area contributed by atoms with Crippen molar-refractivity contribution >= 4 is 55.3 Å². The maximum absolute atomic E-state index is 12.5. The predicted octanol–water partition coefficient (Wildman–Crippen LogP) is 2.25. The highest BCUT2D eigenvalue weighted by molar-refractivity contribution is 9.12. The first-order valence-corrected chi connectivity index (χ1v) is 9.43. The van der Waals surface area contributed by atoms with Crippen molar-refractivity contribution < 1.29 is 19.5 Å². The number of aromatic hydroxyl groups is 1. The van der Waals surface area contributed by atoms with E-state index in [1.54, 1.807) is 18.2 Å². The molecule has 2 fully saturated rings. The number of imide groups is 1. The number of nitrogens with zero attached hydrogens (tertiary/aromatic N) is 1. The van der Waals surface area contributed by atoms with Gasteiger partial charge in [0, 0.05) is 9.65 Å². The van der Waals surface area contributed by atoms with Crippen molar-refractivity contribution in [2.24, 2.45) is 11.8 Å². The summed E-state index contributed by atoms with van der Waals surface area (Å²) in [6.07, 6.45) is 1.14. The molecule has 4 atom stereocenters. The second-order valence-corrected chi connectivity index (χ2v) is 8.40. The number of carbonyl (C=O) groups is 3. The molecular formula is C16H16Br2N2O4. The van der Waals surface area contributed by atoms with Crippen LogP contribution in [-0.2, 0) is 14.4 Å². The fourth-order valence-corrected chi connectivity index (χ4v) is 4.47. The highest BCUT2D eigenvalue weighted by Gasteiger charge is 2.52. The molecule has 3 rings (SSSR count). The molecule has 0 aromatic heterocycles. The summed E-state index contributed by atoms with van der Waals surface area (Å²) in [7, 11) is 0. The van der Waals surface area contributed by atoms with E-state index in [1.165, 1.54) is 6.07 Å². The van der Waals surface area contributed by atoms with Crippen LogP contribution in [0.25, 0.3) is 0 Å². The minimum atomic E-state index is -0.511. The first kappa shape index (κ1) is 17.4. The second kappa shape index (κ2) is 6.84. The molecule has 1 saturated carbocycles. The number of carbonyl (C=O) groups excluding carboxylic acids is 3. The Bertz CT molecular complexity index is 668. The molecule has 1 saturated heterocycles. The lowest BCUT2D eigenvalue weighted by Crippen LogP contribution is -2.38. The number of halogens is 2. The van der Waals surface area contributed by atoms with E-state index in [2.05, 4.69) is 37.2 Å². The van der Waals surface area contributed by atoms with Crippen LogP contribution in [0.2, 0.25) is 0 Å². The van der Waals surface area contributed by atoms with Crippen molar-refractivity contribution in [2.75, 3.05) is 11.9 Å². The number of nitrogens with one attached hydrogen (secondary N) is 1. The second-order valence-electron chi connectivity index (χ2n) is 6.04. The van der Waals surface area contributed by atoms with E-state index in [9.17, 15) is 19.5 Å². The van der Waals surface area contributed by atoms with E-state index < -0.39 is 5.91 Å². The Kier molecular flexibility index (Phi) is 4.96. The van der Waals surface area contributed by atoms with Gasteiger partial charge < -0.3 is 10.4 Å². The summed E-state index contributed by atoms with van der Waals surface area (Å²) in [6, 6.07) is 6.30. The molecule has 24 heavy (non-hydrogen) atoms. The van der Waals surface area contributed by atoms with Crippen molar-refractivity contribution in [3.05, 3.63) is 24.3 Å². The van der Waals surface area contributed by atoms with E-state index in [4.69, 9.17) is 0 Å². The van der Waals surface area contributed by atoms with Crippen LogP contribution in [0.3, 0.4) is 0 Å². The largest absolute Gasteiger partial charge is 0.506 e. The lowest BCUT2D eigenvalue weighted by Gasteiger charge is -2.29. The highest BCUT2D eigenvalue weighted by Crippen LogP contribution is 2.43. The van der Waals surface area contributed by atoms with E-state index in [0.29, 0.717) is 12.8 Å². The summed E-state index contributed by atoms with van der Waals surface area (Å²) in [6.45, 7) is -0.334. The third kappa shape index (κ3) is 3.21. The molecule has 0 unspecified atom stereocenters. The van der Waals surface area contributed by atoms with Gasteiger partial charge in [-0.15, -0.1) is 0 Å². The van der Waals surface area contributed by atoms with Crippen LogP contribution in [0.15, 0.2) is 24.3 Å². The summed E-state index contributed by atoms with van der Waals surface area (Å²) >= 11 is 7.05. The maximum Gasteiger partial charge on any atom is 0.244 e. The molecule has 1 aliphatic carbocycles. The number of amides is 3. The van der Waals surface area contributed by atoms with Crippen molar-refractivity contribution in [3.63, 3.8) is 0 Å². The normalized spacial score (nSPS) is 29.5. The first-order valence-electron chi connectivity index (χ1n) is 7.59. The van der Waals surface area contributed by atoms with E-state index in [1.807, 2.05) is 0 Å². The molecule has 8 heteroatoms. The Morgan fingerprint density at radius 3 is 2.21 bits per heavy atom. The molecule has 6 nitrogen and oxygen atoms in total. The number of rotatable bonds is 3. The zero-order chi connectivity index (χ0) is 17.4. The molecule has 3 amide bonds. The van der Waals surface area contributed by atoms with Gasteiger partial charge in [-0.05, 0) is 25.0 Å². The van der Waals surface area contributed by atoms with E-state index in [-0.39, 0.29) is 51.3 Å². The van der Waals surface area contributed by atoms with Gasteiger partial charge in [-0.25, -0.2) is 0 Å². The van der Waals surface area contributed by atoms with E-state index >= 15 is 0 Å². The minimum Gasteiger partial charge on any atom is -0.506 e. The van der Waals surface area contributed by atoms with Crippen molar-refractivity contribution in [3.8, 4) is 5.75 Å². The zero-order valence-electron chi connectivity index (χ0n) is 12.6. The molecule has 1 aliphatic heterocycles. The van der Waals surface area contributed by atoms with Crippen LogP contribution in [0.1, 0.15) is 12.8 Å². The molecule has 0 radical (unpaired) electrons. The number of hydrogen-bond acceptors (Lipinski definition) is 4. The number of para-hydroxylation sites is 2. The number of likely N-dealkylation sites (tertiary alicyclic amines) is 1. The van der Waals surface area contributed by atoms with Crippen LogP contribution in [0.4, 0.5) is 5.69 Å². The van der Waals surface area contributed by atoms with Crippen LogP contribution in [-0.4, -0.2) is 43.9 Å². The van der Waals surface area contributed by atoms with Gasteiger partial charge in [0.05, 0.1) is 17.5 Å². The molecule has 1 heterocycles.